The number of benzene rings is 3. The third-order valence-corrected chi connectivity index (χ3v) is 7.72. The Kier molecular flexibility index (Phi) is 4.83. The molecule has 2 aliphatic rings. The lowest BCUT2D eigenvalue weighted by Gasteiger charge is -2.15. The molecule has 178 valence electrons. The van der Waals surface area contributed by atoms with E-state index in [1.807, 2.05) is 42.5 Å². The van der Waals surface area contributed by atoms with Gasteiger partial charge < -0.3 is 9.13 Å². The van der Waals surface area contributed by atoms with Crippen LogP contribution in [0.1, 0.15) is 35.2 Å². The Hall–Kier alpha value is -5.31. The Balaban J connectivity index is 1.59. The van der Waals surface area contributed by atoms with Crippen molar-refractivity contribution in [2.24, 2.45) is 5.92 Å². The van der Waals surface area contributed by atoms with Crippen LogP contribution in [-0.2, 0) is 6.42 Å². The van der Waals surface area contributed by atoms with Crippen molar-refractivity contribution in [2.75, 3.05) is 0 Å². The SMILES string of the molecule is N#Cc1ccc2c(c1)c1ccc(-n3c4c(c5c3=CCC(C#N)C=5)C=CCC4)cc1n2-c1ccccc1C#N. The molecule has 38 heavy (non-hydrogen) atoms. The molecule has 5 aromatic rings. The van der Waals surface area contributed by atoms with Gasteiger partial charge in [0.05, 0.1) is 45.9 Å². The normalized spacial score (nSPS) is 15.6. The fourth-order valence-electron chi connectivity index (χ4n) is 6.04. The van der Waals surface area contributed by atoms with Crippen LogP contribution < -0.4 is 10.6 Å². The number of fused-ring (bicyclic) bond motifs is 6. The summed E-state index contributed by atoms with van der Waals surface area (Å²) in [6.07, 6.45) is 11.3. The number of nitrogens with zero attached hydrogens (tertiary/aromatic N) is 5. The van der Waals surface area contributed by atoms with Crippen molar-refractivity contribution in [1.82, 2.24) is 9.13 Å². The molecule has 2 aromatic heterocycles. The second-order valence-electron chi connectivity index (χ2n) is 9.79. The zero-order valence-corrected chi connectivity index (χ0v) is 20.5. The lowest BCUT2D eigenvalue weighted by atomic mass is 9.97. The van der Waals surface area contributed by atoms with Gasteiger partial charge in [-0.15, -0.1) is 0 Å². The number of nitriles is 3. The summed E-state index contributed by atoms with van der Waals surface area (Å²) in [5.74, 6) is -0.111. The van der Waals surface area contributed by atoms with Crippen LogP contribution in [0, 0.1) is 39.9 Å². The van der Waals surface area contributed by atoms with Gasteiger partial charge >= 0.3 is 0 Å². The topological polar surface area (TPSA) is 81.2 Å². The molecule has 5 nitrogen and oxygen atoms in total. The molecule has 0 spiro atoms. The average Bonchev–Trinajstić information content (AvgIpc) is 3.48. The van der Waals surface area contributed by atoms with Gasteiger partial charge in [-0.25, -0.2) is 0 Å². The van der Waals surface area contributed by atoms with Crippen LogP contribution in [0.15, 0.2) is 66.7 Å². The fourth-order valence-corrected chi connectivity index (χ4v) is 6.04. The minimum atomic E-state index is -0.111. The van der Waals surface area contributed by atoms with Crippen LogP contribution in [0.5, 0.6) is 0 Å². The molecule has 0 N–H and O–H groups in total. The molecule has 0 saturated carbocycles. The standard InChI is InChI=1S/C33H21N5/c34-18-21-9-13-31-27(15-21)25-6-2-4-8-30(25)37(31)24-11-12-26-28-16-22(19-35)10-14-32(28)38(33(26)17-24)29-7-3-1-5-23(29)20-36/h1-3,5-7,10-17,21H,4,8-9H2. The van der Waals surface area contributed by atoms with Crippen LogP contribution in [0.3, 0.4) is 0 Å². The molecule has 1 unspecified atom stereocenters. The summed E-state index contributed by atoms with van der Waals surface area (Å²) in [7, 11) is 0. The minimum Gasteiger partial charge on any atom is -0.313 e. The van der Waals surface area contributed by atoms with Gasteiger partial charge in [-0.3, -0.25) is 0 Å². The number of aromatic nitrogens is 2. The van der Waals surface area contributed by atoms with Crippen molar-refractivity contribution in [2.45, 2.75) is 19.3 Å². The highest BCUT2D eigenvalue weighted by Crippen LogP contribution is 2.35. The highest BCUT2D eigenvalue weighted by molar-refractivity contribution is 6.10. The van der Waals surface area contributed by atoms with Crippen LogP contribution in [0.2, 0.25) is 0 Å². The summed E-state index contributed by atoms with van der Waals surface area (Å²) >= 11 is 0. The van der Waals surface area contributed by atoms with Crippen LogP contribution in [0.25, 0.3) is 51.4 Å². The van der Waals surface area contributed by atoms with E-state index in [4.69, 9.17) is 0 Å². The quantitative estimate of drug-likeness (QED) is 0.335. The van der Waals surface area contributed by atoms with Gasteiger partial charge in [0.2, 0.25) is 0 Å². The van der Waals surface area contributed by atoms with Gasteiger partial charge in [0.15, 0.2) is 0 Å². The van der Waals surface area contributed by atoms with E-state index in [0.29, 0.717) is 17.5 Å². The smallest absolute Gasteiger partial charge is 0.101 e. The van der Waals surface area contributed by atoms with Crippen LogP contribution >= 0.6 is 0 Å². The molecule has 3 aromatic carbocycles. The molecule has 0 fully saturated rings. The summed E-state index contributed by atoms with van der Waals surface area (Å²) in [6, 6.07) is 26.8. The van der Waals surface area contributed by atoms with E-state index >= 15 is 0 Å². The third-order valence-electron chi connectivity index (χ3n) is 7.72. The summed E-state index contributed by atoms with van der Waals surface area (Å²) in [5.41, 5.74) is 7.45. The predicted octanol–water partition coefficient (Wildman–Crippen LogP) is 5.38. The number of para-hydroxylation sites is 1. The maximum Gasteiger partial charge on any atom is 0.101 e. The molecule has 0 radical (unpaired) electrons. The molecule has 0 saturated heterocycles. The largest absolute Gasteiger partial charge is 0.313 e. The monoisotopic (exact) mass is 487 g/mol. The Morgan fingerprint density at radius 3 is 2.58 bits per heavy atom. The van der Waals surface area contributed by atoms with Gasteiger partial charge in [-0.1, -0.05) is 42.5 Å². The summed E-state index contributed by atoms with van der Waals surface area (Å²) in [6.45, 7) is 0. The second-order valence-corrected chi connectivity index (χ2v) is 9.79. The number of hydrogen-bond acceptors (Lipinski definition) is 3. The highest BCUT2D eigenvalue weighted by atomic mass is 15.0. The van der Waals surface area contributed by atoms with Gasteiger partial charge in [0, 0.05) is 38.3 Å². The van der Waals surface area contributed by atoms with Crippen molar-refractivity contribution in [3.05, 3.63) is 99.7 Å². The molecule has 0 bridgehead atoms. The van der Waals surface area contributed by atoms with Crippen molar-refractivity contribution < 1.29 is 0 Å². The first kappa shape index (κ1) is 21.9. The average molecular weight is 488 g/mol. The van der Waals surface area contributed by atoms with Crippen molar-refractivity contribution in [1.29, 1.82) is 15.8 Å². The molecular formula is C33H21N5. The van der Waals surface area contributed by atoms with Crippen LogP contribution in [0.4, 0.5) is 0 Å². The Labute approximate surface area is 219 Å². The molecule has 5 heteroatoms. The lowest BCUT2D eigenvalue weighted by Crippen LogP contribution is -2.32. The van der Waals surface area contributed by atoms with Gasteiger partial charge in [-0.05, 0) is 61.7 Å². The van der Waals surface area contributed by atoms with Crippen LogP contribution in [-0.4, -0.2) is 9.13 Å². The first-order chi connectivity index (χ1) is 18.7. The molecule has 2 aliphatic carbocycles. The molecule has 0 aliphatic heterocycles. The van der Waals surface area contributed by atoms with Crippen molar-refractivity contribution in [3.63, 3.8) is 0 Å². The lowest BCUT2D eigenvalue weighted by molar-refractivity contribution is 0.848. The van der Waals surface area contributed by atoms with Gasteiger partial charge in [0.1, 0.15) is 6.07 Å². The first-order valence-electron chi connectivity index (χ1n) is 12.7. The number of allylic oxidation sites excluding steroid dienone is 1. The number of hydrogen-bond donors (Lipinski definition) is 0. The zero-order chi connectivity index (χ0) is 25.8. The van der Waals surface area contributed by atoms with E-state index in [9.17, 15) is 15.8 Å². The minimum absolute atomic E-state index is 0.111. The zero-order valence-electron chi connectivity index (χ0n) is 20.5. The Morgan fingerprint density at radius 2 is 1.74 bits per heavy atom. The Bertz CT molecular complexity index is 2100. The maximum atomic E-state index is 9.91. The third kappa shape index (κ3) is 3.08. The Morgan fingerprint density at radius 1 is 0.842 bits per heavy atom. The molecule has 2 heterocycles. The van der Waals surface area contributed by atoms with E-state index in [1.165, 1.54) is 11.3 Å². The van der Waals surface area contributed by atoms with Crippen molar-refractivity contribution in [3.8, 4) is 29.6 Å². The van der Waals surface area contributed by atoms with E-state index in [0.717, 1.165) is 56.6 Å². The molecule has 0 amide bonds. The van der Waals surface area contributed by atoms with Crippen molar-refractivity contribution >= 4 is 40.0 Å². The summed E-state index contributed by atoms with van der Waals surface area (Å²) < 4.78 is 4.48. The second kappa shape index (κ2) is 8.38. The van der Waals surface area contributed by atoms with E-state index in [1.54, 1.807) is 0 Å². The molecule has 1 atom stereocenters. The van der Waals surface area contributed by atoms with E-state index in [-0.39, 0.29) is 5.92 Å². The molecule has 7 rings (SSSR count). The fraction of sp³-hybridized carbons (Fsp3) is 0.121. The predicted molar refractivity (Wildman–Crippen MR) is 149 cm³/mol. The molecular weight excluding hydrogens is 466 g/mol. The van der Waals surface area contributed by atoms with Gasteiger partial charge in [0.25, 0.3) is 0 Å². The van der Waals surface area contributed by atoms with Gasteiger partial charge in [-0.2, -0.15) is 15.8 Å². The number of rotatable bonds is 2. The van der Waals surface area contributed by atoms with E-state index < -0.39 is 0 Å². The highest BCUT2D eigenvalue weighted by Gasteiger charge is 2.21. The summed E-state index contributed by atoms with van der Waals surface area (Å²) in [5, 5.41) is 33.3. The van der Waals surface area contributed by atoms with E-state index in [2.05, 4.69) is 69.8 Å². The summed E-state index contributed by atoms with van der Waals surface area (Å²) in [4.78, 5) is 0. The first-order valence-corrected chi connectivity index (χ1v) is 12.7. The maximum absolute atomic E-state index is 9.91.